The van der Waals surface area contributed by atoms with Gasteiger partial charge in [0.05, 0.1) is 11.1 Å². The largest absolute Gasteiger partial charge is 0.365 e. The van der Waals surface area contributed by atoms with E-state index in [0.29, 0.717) is 16.3 Å². The molecule has 0 aliphatic rings. The minimum atomic E-state index is -0.566. The first-order chi connectivity index (χ1) is 17.3. The minimum absolute atomic E-state index is 0.187. The number of aromatic nitrogens is 3. The maximum absolute atomic E-state index is 12.8. The van der Waals surface area contributed by atoms with E-state index in [4.69, 9.17) is 5.73 Å². The highest BCUT2D eigenvalue weighted by Gasteiger charge is 2.20. The fourth-order valence-corrected chi connectivity index (χ4v) is 6.16. The number of para-hydroxylation sites is 1. The van der Waals surface area contributed by atoms with Crippen molar-refractivity contribution < 1.29 is 9.59 Å². The number of amides is 2. The Hall–Kier alpha value is -3.69. The molecule has 0 spiro atoms. The molecule has 0 fully saturated rings. The fourth-order valence-electron chi connectivity index (χ4n) is 4.29. The number of nitrogens with zero attached hydrogens (tertiary/aromatic N) is 3. The first kappa shape index (κ1) is 24.0. The highest BCUT2D eigenvalue weighted by atomic mass is 32.2. The van der Waals surface area contributed by atoms with Crippen molar-refractivity contribution in [3.63, 3.8) is 0 Å². The van der Waals surface area contributed by atoms with Gasteiger partial charge in [-0.15, -0.1) is 21.5 Å². The predicted molar refractivity (Wildman–Crippen MR) is 147 cm³/mol. The van der Waals surface area contributed by atoms with Gasteiger partial charge in [0.15, 0.2) is 10.8 Å². The quantitative estimate of drug-likeness (QED) is 0.269. The number of hydrogen-bond donors (Lipinski definition) is 2. The lowest BCUT2D eigenvalue weighted by atomic mass is 10.0. The topological polar surface area (TPSA) is 102 Å². The molecule has 0 saturated heterocycles. The lowest BCUT2D eigenvalue weighted by molar-refractivity contribution is -0.115. The molecule has 0 bridgehead atoms. The van der Waals surface area contributed by atoms with Gasteiger partial charge in [0, 0.05) is 28.5 Å². The number of rotatable bonds is 7. The SMILES string of the molecule is Cc1ccc(-c2csc(NC(=O)CCSc3nnc4cc(C)c5cccc(C)c5n34)c2C(N)=O)cc1. The molecule has 5 rings (SSSR count). The summed E-state index contributed by atoms with van der Waals surface area (Å²) in [5, 5.41) is 15.8. The summed E-state index contributed by atoms with van der Waals surface area (Å²) in [4.78, 5) is 25.0. The highest BCUT2D eigenvalue weighted by Crippen LogP contribution is 2.36. The summed E-state index contributed by atoms with van der Waals surface area (Å²) in [5.41, 5.74) is 12.9. The predicted octanol–water partition coefficient (Wildman–Crippen LogP) is 5.76. The summed E-state index contributed by atoms with van der Waals surface area (Å²) in [6.07, 6.45) is 0.248. The molecule has 0 radical (unpaired) electrons. The molecule has 0 atom stereocenters. The molecular weight excluding hydrogens is 490 g/mol. The second-order valence-corrected chi connectivity index (χ2v) is 10.6. The molecule has 182 valence electrons. The number of nitrogens with one attached hydrogen (secondary N) is 1. The van der Waals surface area contributed by atoms with Crippen LogP contribution >= 0.6 is 23.1 Å². The molecule has 2 aromatic carbocycles. The highest BCUT2D eigenvalue weighted by molar-refractivity contribution is 7.99. The monoisotopic (exact) mass is 515 g/mol. The average Bonchev–Trinajstić information content (AvgIpc) is 3.44. The van der Waals surface area contributed by atoms with Gasteiger partial charge in [-0.2, -0.15) is 0 Å². The number of hydrogen-bond acceptors (Lipinski definition) is 6. The molecule has 0 aliphatic heterocycles. The maximum Gasteiger partial charge on any atom is 0.252 e. The number of fused-ring (bicyclic) bond motifs is 3. The van der Waals surface area contributed by atoms with E-state index in [1.54, 1.807) is 0 Å². The molecule has 5 aromatic rings. The third-order valence-corrected chi connectivity index (χ3v) is 7.93. The molecular formula is C27H25N5O2S2. The minimum Gasteiger partial charge on any atom is -0.365 e. The lowest BCUT2D eigenvalue weighted by Gasteiger charge is -2.10. The van der Waals surface area contributed by atoms with Crippen LogP contribution in [0.2, 0.25) is 0 Å². The van der Waals surface area contributed by atoms with Crippen molar-refractivity contribution in [1.82, 2.24) is 14.6 Å². The van der Waals surface area contributed by atoms with Crippen molar-refractivity contribution in [1.29, 1.82) is 0 Å². The second kappa shape index (κ2) is 9.75. The number of pyridine rings is 1. The summed E-state index contributed by atoms with van der Waals surface area (Å²) in [6.45, 7) is 6.15. The zero-order chi connectivity index (χ0) is 25.4. The summed E-state index contributed by atoms with van der Waals surface area (Å²) in [7, 11) is 0. The van der Waals surface area contributed by atoms with Crippen LogP contribution in [0.1, 0.15) is 33.5 Å². The number of carbonyl (C=O) groups is 2. The molecule has 0 aliphatic carbocycles. The summed E-state index contributed by atoms with van der Waals surface area (Å²) in [5.74, 6) is -0.243. The zero-order valence-electron chi connectivity index (χ0n) is 20.2. The normalized spacial score (nSPS) is 11.3. The Morgan fingerprint density at radius 1 is 1.06 bits per heavy atom. The van der Waals surface area contributed by atoms with E-state index in [1.807, 2.05) is 48.7 Å². The van der Waals surface area contributed by atoms with Gasteiger partial charge in [0.1, 0.15) is 5.00 Å². The molecule has 9 heteroatoms. The average molecular weight is 516 g/mol. The van der Waals surface area contributed by atoms with Crippen molar-refractivity contribution >= 4 is 56.5 Å². The summed E-state index contributed by atoms with van der Waals surface area (Å²) >= 11 is 2.78. The standard InChI is InChI=1S/C27H25N5O2S2/c1-15-7-9-18(10-8-15)20-14-36-26(23(20)25(28)34)29-22(33)11-12-35-27-31-30-21-13-17(3)19-6-4-5-16(2)24(19)32(21)27/h4-10,13-14H,11-12H2,1-3H3,(H2,28,34)(H,29,33). The second-order valence-electron chi connectivity index (χ2n) is 8.71. The van der Waals surface area contributed by atoms with E-state index in [2.05, 4.69) is 45.9 Å². The van der Waals surface area contributed by atoms with Gasteiger partial charge in [-0.3, -0.25) is 14.0 Å². The number of primary amides is 1. The Labute approximate surface area is 216 Å². The van der Waals surface area contributed by atoms with Crippen LogP contribution in [0.4, 0.5) is 5.00 Å². The van der Waals surface area contributed by atoms with E-state index in [-0.39, 0.29) is 12.3 Å². The van der Waals surface area contributed by atoms with Crippen molar-refractivity contribution in [2.45, 2.75) is 32.3 Å². The van der Waals surface area contributed by atoms with Crippen LogP contribution < -0.4 is 11.1 Å². The van der Waals surface area contributed by atoms with Crippen LogP contribution in [-0.4, -0.2) is 32.2 Å². The Balaban J connectivity index is 1.32. The van der Waals surface area contributed by atoms with Crippen molar-refractivity contribution in [3.05, 3.63) is 76.2 Å². The number of anilines is 1. The molecule has 0 saturated carbocycles. The van der Waals surface area contributed by atoms with E-state index in [9.17, 15) is 9.59 Å². The third kappa shape index (κ3) is 4.47. The Bertz CT molecular complexity index is 1620. The van der Waals surface area contributed by atoms with Gasteiger partial charge < -0.3 is 11.1 Å². The van der Waals surface area contributed by atoms with Crippen LogP contribution in [0.25, 0.3) is 27.7 Å². The van der Waals surface area contributed by atoms with Crippen LogP contribution in [0.5, 0.6) is 0 Å². The molecule has 36 heavy (non-hydrogen) atoms. The van der Waals surface area contributed by atoms with Gasteiger partial charge in [-0.05, 0) is 43.5 Å². The van der Waals surface area contributed by atoms with Gasteiger partial charge in [0.2, 0.25) is 5.91 Å². The number of thioether (sulfide) groups is 1. The van der Waals surface area contributed by atoms with E-state index in [0.717, 1.165) is 49.5 Å². The molecule has 3 aromatic heterocycles. The Morgan fingerprint density at radius 2 is 1.83 bits per heavy atom. The van der Waals surface area contributed by atoms with E-state index >= 15 is 0 Å². The molecule has 3 heterocycles. The van der Waals surface area contributed by atoms with Crippen LogP contribution in [0, 0.1) is 20.8 Å². The zero-order valence-corrected chi connectivity index (χ0v) is 21.8. The van der Waals surface area contributed by atoms with Crippen LogP contribution in [0.3, 0.4) is 0 Å². The summed E-state index contributed by atoms with van der Waals surface area (Å²) in [6, 6.07) is 16.1. The van der Waals surface area contributed by atoms with Crippen LogP contribution in [-0.2, 0) is 4.79 Å². The van der Waals surface area contributed by atoms with Crippen molar-refractivity contribution in [2.24, 2.45) is 5.73 Å². The number of aryl methyl sites for hydroxylation is 3. The maximum atomic E-state index is 12.8. The van der Waals surface area contributed by atoms with Crippen molar-refractivity contribution in [3.8, 4) is 11.1 Å². The fraction of sp³-hybridized carbons (Fsp3) is 0.185. The Kier molecular flexibility index (Phi) is 6.51. The number of carbonyl (C=O) groups excluding carboxylic acids is 2. The third-order valence-electron chi connectivity index (χ3n) is 6.10. The van der Waals surface area contributed by atoms with Crippen LogP contribution in [0.15, 0.2) is 59.1 Å². The van der Waals surface area contributed by atoms with Gasteiger partial charge in [0.25, 0.3) is 5.91 Å². The smallest absolute Gasteiger partial charge is 0.252 e. The first-order valence-electron chi connectivity index (χ1n) is 11.5. The summed E-state index contributed by atoms with van der Waals surface area (Å²) < 4.78 is 2.05. The molecule has 0 unspecified atom stereocenters. The van der Waals surface area contributed by atoms with E-state index < -0.39 is 5.91 Å². The lowest BCUT2D eigenvalue weighted by Crippen LogP contribution is -2.17. The number of nitrogens with two attached hydrogens (primary N) is 1. The van der Waals surface area contributed by atoms with Gasteiger partial charge in [-0.25, -0.2) is 0 Å². The van der Waals surface area contributed by atoms with Gasteiger partial charge >= 0.3 is 0 Å². The number of thiophene rings is 1. The van der Waals surface area contributed by atoms with Crippen molar-refractivity contribution in [2.75, 3.05) is 11.1 Å². The number of benzene rings is 2. The molecule has 2 amide bonds. The molecule has 7 nitrogen and oxygen atoms in total. The molecule has 3 N–H and O–H groups in total. The van der Waals surface area contributed by atoms with Gasteiger partial charge in [-0.1, -0.05) is 59.8 Å². The Morgan fingerprint density at radius 3 is 2.58 bits per heavy atom. The van der Waals surface area contributed by atoms with E-state index in [1.165, 1.54) is 23.1 Å². The first-order valence-corrected chi connectivity index (χ1v) is 13.3.